The van der Waals surface area contributed by atoms with Gasteiger partial charge in [-0.1, -0.05) is 18.2 Å². The van der Waals surface area contributed by atoms with Crippen molar-refractivity contribution >= 4 is 9.73 Å². The van der Waals surface area contributed by atoms with Gasteiger partial charge in [-0.3, -0.25) is 0 Å². The van der Waals surface area contributed by atoms with Gasteiger partial charge in [-0.15, -0.1) is 0 Å². The summed E-state index contributed by atoms with van der Waals surface area (Å²) in [6, 6.07) is 8.32. The highest BCUT2D eigenvalue weighted by atomic mass is 32.2. The number of nitrogens with two attached hydrogens (primary N) is 1. The Balaban J connectivity index is 2.46. The third-order valence-corrected chi connectivity index (χ3v) is 7.23. The highest BCUT2D eigenvalue weighted by Gasteiger charge is 2.40. The Morgan fingerprint density at radius 3 is 2.50 bits per heavy atom. The number of benzene rings is 1. The van der Waals surface area contributed by atoms with Gasteiger partial charge in [0, 0.05) is 5.56 Å². The minimum Gasteiger partial charge on any atom is -0.321 e. The van der Waals surface area contributed by atoms with E-state index in [4.69, 9.17) is 5.73 Å². The molecule has 2 unspecified atom stereocenters. The molecular formula is C16H22FN3OS. The lowest BCUT2D eigenvalue weighted by atomic mass is 9.95. The van der Waals surface area contributed by atoms with Gasteiger partial charge in [-0.2, -0.15) is 5.26 Å². The Bertz CT molecular complexity index is 723. The summed E-state index contributed by atoms with van der Waals surface area (Å²) < 4.78 is 30.7. The van der Waals surface area contributed by atoms with E-state index < -0.39 is 25.8 Å². The van der Waals surface area contributed by atoms with Crippen LogP contribution in [0.1, 0.15) is 39.2 Å². The number of rotatable bonds is 5. The topological polar surface area (TPSA) is 79.2 Å². The number of hydrogen-bond donors (Lipinski definition) is 1. The van der Waals surface area contributed by atoms with E-state index in [1.165, 1.54) is 6.07 Å². The maximum Gasteiger partial charge on any atom is 0.135 e. The van der Waals surface area contributed by atoms with E-state index >= 15 is 0 Å². The SMILES string of the molecule is CC(N)(CS(=O)(=NC1CC1)C(C)(C)C#N)c1ccccc1F. The first-order chi connectivity index (χ1) is 10.1. The second kappa shape index (κ2) is 5.64. The summed E-state index contributed by atoms with van der Waals surface area (Å²) in [5.41, 5.74) is 5.42. The Morgan fingerprint density at radius 2 is 2.00 bits per heavy atom. The monoisotopic (exact) mass is 323 g/mol. The van der Waals surface area contributed by atoms with Crippen LogP contribution >= 0.6 is 0 Å². The van der Waals surface area contributed by atoms with E-state index in [1.807, 2.05) is 0 Å². The molecule has 0 aromatic heterocycles. The van der Waals surface area contributed by atoms with Crippen molar-refractivity contribution < 1.29 is 8.60 Å². The average Bonchev–Trinajstić information content (AvgIpc) is 3.21. The zero-order valence-corrected chi connectivity index (χ0v) is 14.0. The molecule has 0 aliphatic heterocycles. The predicted octanol–water partition coefficient (Wildman–Crippen LogP) is 2.93. The van der Waals surface area contributed by atoms with Gasteiger partial charge in [0.05, 0.1) is 33.1 Å². The maximum atomic E-state index is 14.0. The van der Waals surface area contributed by atoms with E-state index in [9.17, 15) is 13.9 Å². The average molecular weight is 323 g/mol. The van der Waals surface area contributed by atoms with Gasteiger partial charge in [0.25, 0.3) is 0 Å². The Kier molecular flexibility index (Phi) is 4.33. The Labute approximate surface area is 131 Å². The summed E-state index contributed by atoms with van der Waals surface area (Å²) in [5, 5.41) is 9.38. The maximum absolute atomic E-state index is 14.0. The van der Waals surface area contributed by atoms with Crippen molar-refractivity contribution in [3.8, 4) is 6.07 Å². The predicted molar refractivity (Wildman–Crippen MR) is 86.1 cm³/mol. The molecule has 4 nitrogen and oxygen atoms in total. The number of halogens is 1. The lowest BCUT2D eigenvalue weighted by Crippen LogP contribution is -2.46. The molecule has 22 heavy (non-hydrogen) atoms. The molecule has 0 saturated heterocycles. The number of hydrogen-bond acceptors (Lipinski definition) is 4. The fourth-order valence-corrected chi connectivity index (χ4v) is 4.75. The van der Waals surface area contributed by atoms with E-state index in [2.05, 4.69) is 10.4 Å². The highest BCUT2D eigenvalue weighted by molar-refractivity contribution is 7.95. The van der Waals surface area contributed by atoms with Crippen LogP contribution in [0.3, 0.4) is 0 Å². The smallest absolute Gasteiger partial charge is 0.135 e. The van der Waals surface area contributed by atoms with Crippen LogP contribution in [-0.2, 0) is 15.3 Å². The van der Waals surface area contributed by atoms with Crippen molar-refractivity contribution in [3.05, 3.63) is 35.6 Å². The van der Waals surface area contributed by atoms with E-state index in [0.29, 0.717) is 5.56 Å². The Morgan fingerprint density at radius 1 is 1.41 bits per heavy atom. The molecule has 0 bridgehead atoms. The van der Waals surface area contributed by atoms with E-state index in [-0.39, 0.29) is 11.8 Å². The summed E-state index contributed by atoms with van der Waals surface area (Å²) in [6.07, 6.45) is 1.78. The zero-order valence-electron chi connectivity index (χ0n) is 13.2. The van der Waals surface area contributed by atoms with Gasteiger partial charge in [0.15, 0.2) is 0 Å². The summed E-state index contributed by atoms with van der Waals surface area (Å²) in [6.45, 7) is 4.86. The van der Waals surface area contributed by atoms with Crippen LogP contribution in [0.5, 0.6) is 0 Å². The van der Waals surface area contributed by atoms with Crippen LogP contribution in [0, 0.1) is 17.1 Å². The van der Waals surface area contributed by atoms with Crippen LogP contribution in [0.2, 0.25) is 0 Å². The van der Waals surface area contributed by atoms with Crippen molar-refractivity contribution in [2.45, 2.75) is 49.9 Å². The first-order valence-electron chi connectivity index (χ1n) is 7.30. The molecule has 0 heterocycles. The molecule has 1 aliphatic rings. The van der Waals surface area contributed by atoms with Gasteiger partial charge in [0.2, 0.25) is 0 Å². The first-order valence-corrected chi connectivity index (χ1v) is 8.98. The van der Waals surface area contributed by atoms with Crippen molar-refractivity contribution in [2.24, 2.45) is 10.1 Å². The molecule has 0 radical (unpaired) electrons. The number of nitriles is 1. The molecule has 2 N–H and O–H groups in total. The normalized spacial score (nSPS) is 20.5. The molecule has 1 aliphatic carbocycles. The molecule has 0 spiro atoms. The second-order valence-electron chi connectivity index (χ2n) is 6.64. The molecule has 6 heteroatoms. The molecule has 120 valence electrons. The number of nitrogens with zero attached hydrogens (tertiary/aromatic N) is 2. The molecule has 1 fully saturated rings. The van der Waals surface area contributed by atoms with Crippen LogP contribution in [-0.4, -0.2) is 20.8 Å². The van der Waals surface area contributed by atoms with Crippen molar-refractivity contribution in [1.29, 1.82) is 5.26 Å². The molecule has 2 atom stereocenters. The minimum atomic E-state index is -2.90. The fourth-order valence-electron chi connectivity index (χ4n) is 2.25. The molecule has 2 rings (SSSR count). The van der Waals surface area contributed by atoms with Crippen LogP contribution < -0.4 is 5.73 Å². The Hall–Kier alpha value is -1.45. The van der Waals surface area contributed by atoms with Crippen molar-refractivity contribution in [2.75, 3.05) is 5.75 Å². The van der Waals surface area contributed by atoms with Gasteiger partial charge in [-0.25, -0.2) is 13.0 Å². The minimum absolute atomic E-state index is 0.0385. The lowest BCUT2D eigenvalue weighted by Gasteiger charge is -2.31. The van der Waals surface area contributed by atoms with E-state index in [1.54, 1.807) is 39.0 Å². The van der Waals surface area contributed by atoms with Gasteiger partial charge in [0.1, 0.15) is 10.6 Å². The second-order valence-corrected chi connectivity index (χ2v) is 9.44. The molecule has 1 aromatic rings. The summed E-state index contributed by atoms with van der Waals surface area (Å²) in [7, 11) is -2.90. The standard InChI is InChI=1S/C16H22FN3OS/c1-15(2,10-18)22(21,20-12-8-9-12)11-16(3,19)13-6-4-5-7-14(13)17/h4-7,12H,8-9,11,19H2,1-3H3. The lowest BCUT2D eigenvalue weighted by molar-refractivity contribution is 0.499. The third kappa shape index (κ3) is 3.31. The molecular weight excluding hydrogens is 301 g/mol. The van der Waals surface area contributed by atoms with Crippen molar-refractivity contribution in [3.63, 3.8) is 0 Å². The molecule has 1 aromatic carbocycles. The highest BCUT2D eigenvalue weighted by Crippen LogP contribution is 2.33. The van der Waals surface area contributed by atoms with Crippen LogP contribution in [0.15, 0.2) is 28.6 Å². The van der Waals surface area contributed by atoms with Gasteiger partial charge >= 0.3 is 0 Å². The summed E-state index contributed by atoms with van der Waals surface area (Å²) >= 11 is 0. The van der Waals surface area contributed by atoms with E-state index in [0.717, 1.165) is 12.8 Å². The van der Waals surface area contributed by atoms with Crippen LogP contribution in [0.25, 0.3) is 0 Å². The molecule has 1 saturated carbocycles. The first kappa shape index (κ1) is 16.9. The van der Waals surface area contributed by atoms with Gasteiger partial charge in [-0.05, 0) is 39.7 Å². The van der Waals surface area contributed by atoms with Crippen LogP contribution in [0.4, 0.5) is 4.39 Å². The molecule has 0 amide bonds. The fraction of sp³-hybridized carbons (Fsp3) is 0.562. The summed E-state index contributed by atoms with van der Waals surface area (Å²) in [5.74, 6) is -0.478. The third-order valence-electron chi connectivity index (χ3n) is 3.92. The quantitative estimate of drug-likeness (QED) is 0.904. The zero-order chi connectivity index (χ0) is 16.6. The largest absolute Gasteiger partial charge is 0.321 e. The summed E-state index contributed by atoms with van der Waals surface area (Å²) in [4.78, 5) is 0. The van der Waals surface area contributed by atoms with Gasteiger partial charge < -0.3 is 5.73 Å². The van der Waals surface area contributed by atoms with Crippen molar-refractivity contribution in [1.82, 2.24) is 0 Å².